The molecule has 2 aliphatic rings. The lowest BCUT2D eigenvalue weighted by Crippen LogP contribution is -2.46. The average molecular weight is 403 g/mol. The van der Waals surface area contributed by atoms with E-state index < -0.39 is 0 Å². The summed E-state index contributed by atoms with van der Waals surface area (Å²) in [5.74, 6) is 0.695. The number of nitrogens with one attached hydrogen (secondary N) is 1. The highest BCUT2D eigenvalue weighted by molar-refractivity contribution is 5.91. The topological polar surface area (TPSA) is 35.2 Å². The molecule has 2 saturated heterocycles. The molecule has 4 heteroatoms. The lowest BCUT2D eigenvalue weighted by atomic mass is 9.87. The second kappa shape index (κ2) is 8.52. The van der Waals surface area contributed by atoms with Crippen LogP contribution in [0.15, 0.2) is 42.7 Å². The van der Waals surface area contributed by atoms with Gasteiger partial charge in [0.1, 0.15) is 0 Å². The summed E-state index contributed by atoms with van der Waals surface area (Å²) in [4.78, 5) is 13.1. The molecule has 3 aromatic rings. The molecule has 0 saturated carbocycles. The van der Waals surface area contributed by atoms with E-state index in [9.17, 15) is 0 Å². The number of nitrogens with zero attached hydrogens (tertiary/aromatic N) is 3. The highest BCUT2D eigenvalue weighted by Crippen LogP contribution is 2.35. The lowest BCUT2D eigenvalue weighted by molar-refractivity contribution is 0.0966. The van der Waals surface area contributed by atoms with E-state index in [-0.39, 0.29) is 0 Å². The summed E-state index contributed by atoms with van der Waals surface area (Å²) < 4.78 is 0. The Balaban J connectivity index is 1.34. The van der Waals surface area contributed by atoms with Crippen molar-refractivity contribution in [3.8, 4) is 11.3 Å². The number of H-pyrrole nitrogens is 1. The summed E-state index contributed by atoms with van der Waals surface area (Å²) in [7, 11) is 2.25. The smallest absolute Gasteiger partial charge is 0.0498 e. The predicted octanol–water partition coefficient (Wildman–Crippen LogP) is 5.07. The average Bonchev–Trinajstić information content (AvgIpc) is 3.18. The minimum Gasteiger partial charge on any atom is -0.354 e. The summed E-state index contributed by atoms with van der Waals surface area (Å²) in [6.45, 7) is 7.29. The van der Waals surface area contributed by atoms with Crippen molar-refractivity contribution in [2.24, 2.45) is 0 Å². The number of fused-ring (bicyclic) bond motifs is 1. The molecule has 1 N–H and O–H groups in total. The lowest BCUT2D eigenvalue weighted by Gasteiger charge is -2.41. The fraction of sp³-hybridized carbons (Fsp3) is 0.500. The van der Waals surface area contributed by atoms with Gasteiger partial charge in [-0.25, -0.2) is 0 Å². The molecule has 2 aromatic heterocycles. The molecule has 0 amide bonds. The van der Waals surface area contributed by atoms with Gasteiger partial charge >= 0.3 is 0 Å². The Bertz CT molecular complexity index is 977. The first-order valence-electron chi connectivity index (χ1n) is 11.7. The van der Waals surface area contributed by atoms with Crippen LogP contribution in [-0.2, 0) is 6.42 Å². The van der Waals surface area contributed by atoms with Crippen LogP contribution in [0.1, 0.15) is 49.7 Å². The van der Waals surface area contributed by atoms with Crippen LogP contribution in [0.5, 0.6) is 0 Å². The van der Waals surface area contributed by atoms with Crippen molar-refractivity contribution in [2.45, 2.75) is 51.0 Å². The van der Waals surface area contributed by atoms with Gasteiger partial charge < -0.3 is 14.8 Å². The summed E-state index contributed by atoms with van der Waals surface area (Å²) in [5.41, 5.74) is 6.70. The minimum atomic E-state index is 0.695. The molecule has 4 heterocycles. The van der Waals surface area contributed by atoms with E-state index in [1.807, 2.05) is 12.4 Å². The highest BCUT2D eigenvalue weighted by atomic mass is 15.2. The third-order valence-corrected chi connectivity index (χ3v) is 7.46. The van der Waals surface area contributed by atoms with Crippen molar-refractivity contribution in [3.05, 3.63) is 53.9 Å². The molecule has 0 aliphatic carbocycles. The predicted molar refractivity (Wildman–Crippen MR) is 125 cm³/mol. The Morgan fingerprint density at radius 3 is 2.40 bits per heavy atom. The third kappa shape index (κ3) is 3.79. The zero-order valence-electron chi connectivity index (χ0n) is 18.4. The van der Waals surface area contributed by atoms with Gasteiger partial charge in [-0.05, 0) is 107 Å². The van der Waals surface area contributed by atoms with Crippen molar-refractivity contribution in [3.63, 3.8) is 0 Å². The van der Waals surface area contributed by atoms with Crippen molar-refractivity contribution in [2.75, 3.05) is 33.2 Å². The quantitative estimate of drug-likeness (QED) is 0.662. The number of aromatic amines is 1. The summed E-state index contributed by atoms with van der Waals surface area (Å²) in [6, 6.07) is 12.2. The molecule has 0 radical (unpaired) electrons. The second-order valence-corrected chi connectivity index (χ2v) is 9.22. The fourth-order valence-corrected chi connectivity index (χ4v) is 5.61. The highest BCUT2D eigenvalue weighted by Gasteiger charge is 2.28. The Hall–Kier alpha value is -2.17. The van der Waals surface area contributed by atoms with E-state index in [2.05, 4.69) is 64.1 Å². The van der Waals surface area contributed by atoms with E-state index in [0.717, 1.165) is 12.5 Å². The van der Waals surface area contributed by atoms with Gasteiger partial charge in [-0.15, -0.1) is 0 Å². The van der Waals surface area contributed by atoms with Gasteiger partial charge in [0.25, 0.3) is 0 Å². The normalized spacial score (nSPS) is 20.2. The maximum Gasteiger partial charge on any atom is 0.0498 e. The van der Waals surface area contributed by atoms with Crippen LogP contribution in [0, 0.1) is 0 Å². The summed E-state index contributed by atoms with van der Waals surface area (Å²) in [6.07, 6.45) is 10.1. The van der Waals surface area contributed by atoms with E-state index >= 15 is 0 Å². The SMILES string of the molecule is CCc1c(-c2ccncc2)[nH]c2ccc(C3CCN(C4CCN(C)CC4)CC3)cc12. The second-order valence-electron chi connectivity index (χ2n) is 9.22. The first kappa shape index (κ1) is 19.8. The summed E-state index contributed by atoms with van der Waals surface area (Å²) in [5, 5.41) is 1.40. The van der Waals surface area contributed by atoms with Crippen LogP contribution in [-0.4, -0.2) is 59.0 Å². The van der Waals surface area contributed by atoms with Gasteiger partial charge in [0.2, 0.25) is 0 Å². The van der Waals surface area contributed by atoms with Crippen molar-refractivity contribution < 1.29 is 0 Å². The van der Waals surface area contributed by atoms with Crippen LogP contribution in [0.2, 0.25) is 0 Å². The first-order chi connectivity index (χ1) is 14.7. The van der Waals surface area contributed by atoms with Crippen molar-refractivity contribution >= 4 is 10.9 Å². The number of benzene rings is 1. The first-order valence-corrected chi connectivity index (χ1v) is 11.7. The Labute approximate surface area is 180 Å². The van der Waals surface area contributed by atoms with Gasteiger partial charge in [0, 0.05) is 40.6 Å². The van der Waals surface area contributed by atoms with Crippen LogP contribution < -0.4 is 0 Å². The molecule has 5 rings (SSSR count). The zero-order valence-corrected chi connectivity index (χ0v) is 18.4. The van der Waals surface area contributed by atoms with Gasteiger partial charge in [0.05, 0.1) is 0 Å². The van der Waals surface area contributed by atoms with Gasteiger partial charge in [0.15, 0.2) is 0 Å². The fourth-order valence-electron chi connectivity index (χ4n) is 5.61. The number of rotatable bonds is 4. The Morgan fingerprint density at radius 1 is 0.967 bits per heavy atom. The Kier molecular flexibility index (Phi) is 5.62. The molecule has 0 bridgehead atoms. The molecule has 0 unspecified atom stereocenters. The van der Waals surface area contributed by atoms with Gasteiger partial charge in [-0.1, -0.05) is 13.0 Å². The maximum atomic E-state index is 4.18. The largest absolute Gasteiger partial charge is 0.354 e. The monoisotopic (exact) mass is 402 g/mol. The van der Waals surface area contributed by atoms with E-state index in [1.165, 1.54) is 85.1 Å². The molecule has 2 aliphatic heterocycles. The number of hydrogen-bond donors (Lipinski definition) is 1. The summed E-state index contributed by atoms with van der Waals surface area (Å²) >= 11 is 0. The number of aryl methyl sites for hydroxylation is 1. The third-order valence-electron chi connectivity index (χ3n) is 7.46. The van der Waals surface area contributed by atoms with Crippen LogP contribution >= 0.6 is 0 Å². The molecular weight excluding hydrogens is 368 g/mol. The van der Waals surface area contributed by atoms with E-state index in [0.29, 0.717) is 5.92 Å². The number of pyridine rings is 1. The van der Waals surface area contributed by atoms with E-state index in [4.69, 9.17) is 0 Å². The molecular formula is C26H34N4. The van der Waals surface area contributed by atoms with Gasteiger partial charge in [-0.2, -0.15) is 0 Å². The van der Waals surface area contributed by atoms with E-state index in [1.54, 1.807) is 0 Å². The number of aromatic nitrogens is 2. The van der Waals surface area contributed by atoms with Crippen LogP contribution in [0.4, 0.5) is 0 Å². The maximum absolute atomic E-state index is 4.18. The Morgan fingerprint density at radius 2 is 1.70 bits per heavy atom. The standard InChI is InChI=1S/C26H34N4/c1-3-23-24-18-21(4-5-25(24)28-26(23)20-6-12-27-13-7-20)19-8-16-30(17-9-19)22-10-14-29(2)15-11-22/h4-7,12-13,18-19,22,28H,3,8-11,14-17H2,1-2H3. The minimum absolute atomic E-state index is 0.695. The molecule has 0 spiro atoms. The number of piperidine rings is 2. The molecule has 2 fully saturated rings. The number of hydrogen-bond acceptors (Lipinski definition) is 3. The van der Waals surface area contributed by atoms with Crippen LogP contribution in [0.25, 0.3) is 22.2 Å². The molecule has 158 valence electrons. The van der Waals surface area contributed by atoms with Gasteiger partial charge in [-0.3, -0.25) is 4.98 Å². The van der Waals surface area contributed by atoms with Crippen molar-refractivity contribution in [1.29, 1.82) is 0 Å². The molecule has 4 nitrogen and oxygen atoms in total. The van der Waals surface area contributed by atoms with Crippen molar-refractivity contribution in [1.82, 2.24) is 19.8 Å². The molecule has 0 atom stereocenters. The number of likely N-dealkylation sites (tertiary alicyclic amines) is 2. The molecule has 30 heavy (non-hydrogen) atoms. The zero-order chi connectivity index (χ0) is 20.5. The van der Waals surface area contributed by atoms with Crippen LogP contribution in [0.3, 0.4) is 0 Å². The molecule has 1 aromatic carbocycles.